The largest absolute Gasteiger partial charge is 0.355 e. The molecular formula is C24H25N5O. The Labute approximate surface area is 176 Å². The van der Waals surface area contributed by atoms with E-state index in [-0.39, 0.29) is 11.4 Å². The summed E-state index contributed by atoms with van der Waals surface area (Å²) >= 11 is 0. The minimum absolute atomic E-state index is 0.0503. The van der Waals surface area contributed by atoms with Gasteiger partial charge < -0.3 is 10.2 Å². The number of aromatic nitrogens is 2. The van der Waals surface area contributed by atoms with Crippen molar-refractivity contribution in [3.05, 3.63) is 58.8 Å². The van der Waals surface area contributed by atoms with Crippen LogP contribution in [0.15, 0.2) is 36.4 Å². The quantitative estimate of drug-likeness (QED) is 0.851. The molecule has 152 valence electrons. The van der Waals surface area contributed by atoms with E-state index in [9.17, 15) is 4.79 Å². The standard InChI is InChI=1S/C24H25N5O/c25-16-21-7-8-22(28-27-21)29-13-9-20(10-14-29)24(11-12-24)26-23(30)19-6-5-17-3-1-2-4-18(17)15-19/h2,4-8,15,20H,1,3,9-14H2,(H,26,30). The Bertz CT molecular complexity index is 1020. The minimum atomic E-state index is -0.0503. The fraction of sp³-hybridized carbons (Fsp3) is 0.417. The van der Waals surface area contributed by atoms with E-state index in [2.05, 4.69) is 38.6 Å². The number of amides is 1. The number of allylic oxidation sites excluding steroid dienone is 1. The first-order valence-electron chi connectivity index (χ1n) is 10.8. The number of fused-ring (bicyclic) bond motifs is 1. The van der Waals surface area contributed by atoms with Crippen LogP contribution in [0.3, 0.4) is 0 Å². The number of carbonyl (C=O) groups is 1. The van der Waals surface area contributed by atoms with E-state index in [0.717, 1.165) is 63.0 Å². The first-order valence-corrected chi connectivity index (χ1v) is 10.8. The van der Waals surface area contributed by atoms with Crippen LogP contribution in [0.2, 0.25) is 0 Å². The molecule has 1 amide bonds. The van der Waals surface area contributed by atoms with Gasteiger partial charge in [-0.1, -0.05) is 18.2 Å². The van der Waals surface area contributed by atoms with Gasteiger partial charge in [0.15, 0.2) is 11.5 Å². The fourth-order valence-corrected chi connectivity index (χ4v) is 4.85. The number of hydrogen-bond donors (Lipinski definition) is 1. The van der Waals surface area contributed by atoms with Crippen LogP contribution in [-0.2, 0) is 6.42 Å². The molecule has 30 heavy (non-hydrogen) atoms. The Balaban J connectivity index is 1.22. The third kappa shape index (κ3) is 3.56. The topological polar surface area (TPSA) is 81.9 Å². The molecule has 1 N–H and O–H groups in total. The van der Waals surface area contributed by atoms with Gasteiger partial charge >= 0.3 is 0 Å². The monoisotopic (exact) mass is 399 g/mol. The molecule has 3 aliphatic rings. The number of hydrogen-bond acceptors (Lipinski definition) is 5. The van der Waals surface area contributed by atoms with Gasteiger partial charge in [-0.25, -0.2) is 0 Å². The number of carbonyl (C=O) groups excluding carboxylic acids is 1. The predicted molar refractivity (Wildman–Crippen MR) is 115 cm³/mol. The van der Waals surface area contributed by atoms with Crippen LogP contribution in [0.5, 0.6) is 0 Å². The van der Waals surface area contributed by atoms with E-state index >= 15 is 0 Å². The van der Waals surface area contributed by atoms with E-state index in [1.807, 2.05) is 24.3 Å². The molecule has 2 heterocycles. The number of anilines is 1. The van der Waals surface area contributed by atoms with Crippen LogP contribution in [0.25, 0.3) is 6.08 Å². The number of nitrogens with zero attached hydrogens (tertiary/aromatic N) is 4. The predicted octanol–water partition coefficient (Wildman–Crippen LogP) is 3.49. The van der Waals surface area contributed by atoms with Gasteiger partial charge in [0.1, 0.15) is 6.07 Å². The molecule has 1 aromatic carbocycles. The molecule has 2 fully saturated rings. The van der Waals surface area contributed by atoms with Crippen molar-refractivity contribution in [3.63, 3.8) is 0 Å². The third-order valence-corrected chi connectivity index (χ3v) is 6.80. The molecule has 0 atom stereocenters. The molecule has 6 nitrogen and oxygen atoms in total. The van der Waals surface area contributed by atoms with Gasteiger partial charge in [-0.2, -0.15) is 5.26 Å². The molecule has 5 rings (SSSR count). The average Bonchev–Trinajstić information content (AvgIpc) is 3.59. The first kappa shape index (κ1) is 18.8. The second-order valence-corrected chi connectivity index (χ2v) is 8.61. The van der Waals surface area contributed by atoms with Gasteiger partial charge in [0.2, 0.25) is 0 Å². The van der Waals surface area contributed by atoms with Gasteiger partial charge in [0.05, 0.1) is 0 Å². The summed E-state index contributed by atoms with van der Waals surface area (Å²) in [5.74, 6) is 1.36. The van der Waals surface area contributed by atoms with Gasteiger partial charge in [-0.05, 0) is 79.8 Å². The maximum Gasteiger partial charge on any atom is 0.251 e. The van der Waals surface area contributed by atoms with E-state index in [1.54, 1.807) is 6.07 Å². The zero-order valence-corrected chi connectivity index (χ0v) is 17.0. The molecule has 1 aliphatic heterocycles. The molecule has 0 spiro atoms. The molecule has 2 aliphatic carbocycles. The van der Waals surface area contributed by atoms with Crippen LogP contribution >= 0.6 is 0 Å². The van der Waals surface area contributed by atoms with Crippen molar-refractivity contribution in [2.75, 3.05) is 18.0 Å². The lowest BCUT2D eigenvalue weighted by Gasteiger charge is -2.37. The van der Waals surface area contributed by atoms with E-state index in [0.29, 0.717) is 11.6 Å². The maximum absolute atomic E-state index is 13.0. The van der Waals surface area contributed by atoms with Gasteiger partial charge in [0.25, 0.3) is 5.91 Å². The minimum Gasteiger partial charge on any atom is -0.355 e. The van der Waals surface area contributed by atoms with Crippen molar-refractivity contribution in [1.29, 1.82) is 5.26 Å². The summed E-state index contributed by atoms with van der Waals surface area (Å²) in [6.07, 6.45) is 10.6. The summed E-state index contributed by atoms with van der Waals surface area (Å²) in [5, 5.41) is 20.4. The van der Waals surface area contributed by atoms with Crippen molar-refractivity contribution in [1.82, 2.24) is 15.5 Å². The molecule has 0 unspecified atom stereocenters. The molecule has 1 saturated carbocycles. The van der Waals surface area contributed by atoms with Crippen LogP contribution in [0.1, 0.15) is 59.3 Å². The number of aryl methyl sites for hydroxylation is 1. The Kier molecular flexibility index (Phi) is 4.74. The molecule has 6 heteroatoms. The molecule has 0 radical (unpaired) electrons. The molecule has 2 aromatic rings. The van der Waals surface area contributed by atoms with E-state index in [1.165, 1.54) is 11.1 Å². The smallest absolute Gasteiger partial charge is 0.251 e. The summed E-state index contributed by atoms with van der Waals surface area (Å²) in [5.41, 5.74) is 3.55. The summed E-state index contributed by atoms with van der Waals surface area (Å²) in [7, 11) is 0. The molecule has 1 aromatic heterocycles. The van der Waals surface area contributed by atoms with Crippen molar-refractivity contribution in [2.45, 2.75) is 44.1 Å². The van der Waals surface area contributed by atoms with Crippen molar-refractivity contribution in [2.24, 2.45) is 5.92 Å². The lowest BCUT2D eigenvalue weighted by atomic mass is 9.86. The second kappa shape index (κ2) is 7.56. The zero-order chi connectivity index (χ0) is 20.6. The maximum atomic E-state index is 13.0. The van der Waals surface area contributed by atoms with E-state index in [4.69, 9.17) is 5.26 Å². The average molecular weight is 399 g/mol. The van der Waals surface area contributed by atoms with Crippen molar-refractivity contribution >= 4 is 17.8 Å². The van der Waals surface area contributed by atoms with E-state index < -0.39 is 0 Å². The number of benzene rings is 1. The van der Waals surface area contributed by atoms with Crippen LogP contribution in [0, 0.1) is 17.2 Å². The van der Waals surface area contributed by atoms with Gasteiger partial charge in [-0.3, -0.25) is 4.79 Å². The van der Waals surface area contributed by atoms with Crippen LogP contribution in [0.4, 0.5) is 5.82 Å². The number of nitriles is 1. The SMILES string of the molecule is N#Cc1ccc(N2CCC(C3(NC(=O)c4ccc5c(c4)C=CCC5)CC3)CC2)nn1. The molecule has 1 saturated heterocycles. The fourth-order valence-electron chi connectivity index (χ4n) is 4.85. The van der Waals surface area contributed by atoms with Gasteiger partial charge in [-0.15, -0.1) is 10.2 Å². The number of rotatable bonds is 4. The van der Waals surface area contributed by atoms with Crippen molar-refractivity contribution in [3.8, 4) is 6.07 Å². The summed E-state index contributed by atoms with van der Waals surface area (Å²) in [4.78, 5) is 15.2. The number of piperidine rings is 1. The lowest BCUT2D eigenvalue weighted by molar-refractivity contribution is 0.0906. The lowest BCUT2D eigenvalue weighted by Crippen LogP contribution is -2.47. The Morgan fingerprint density at radius 2 is 2.00 bits per heavy atom. The van der Waals surface area contributed by atoms with Gasteiger partial charge in [0, 0.05) is 24.2 Å². The highest BCUT2D eigenvalue weighted by Crippen LogP contribution is 2.47. The highest BCUT2D eigenvalue weighted by Gasteiger charge is 2.51. The highest BCUT2D eigenvalue weighted by molar-refractivity contribution is 5.95. The summed E-state index contributed by atoms with van der Waals surface area (Å²) < 4.78 is 0. The van der Waals surface area contributed by atoms with Crippen LogP contribution < -0.4 is 10.2 Å². The zero-order valence-electron chi connectivity index (χ0n) is 17.0. The summed E-state index contributed by atoms with van der Waals surface area (Å²) in [6, 6.07) is 11.7. The van der Waals surface area contributed by atoms with Crippen molar-refractivity contribution < 1.29 is 4.79 Å². The second-order valence-electron chi connectivity index (χ2n) is 8.61. The Morgan fingerprint density at radius 1 is 1.17 bits per heavy atom. The Morgan fingerprint density at radius 3 is 2.70 bits per heavy atom. The number of nitrogens with one attached hydrogen (secondary N) is 1. The Hall–Kier alpha value is -3.20. The highest BCUT2D eigenvalue weighted by atomic mass is 16.1. The third-order valence-electron chi connectivity index (χ3n) is 6.80. The normalized spacial score (nSPS) is 19.6. The summed E-state index contributed by atoms with van der Waals surface area (Å²) in [6.45, 7) is 1.79. The molecule has 0 bridgehead atoms. The first-order chi connectivity index (χ1) is 14.7. The molecular weight excluding hydrogens is 374 g/mol. The van der Waals surface area contributed by atoms with Crippen LogP contribution in [-0.4, -0.2) is 34.7 Å².